The Kier molecular flexibility index (Phi) is 4.81. The van der Waals surface area contributed by atoms with Crippen molar-refractivity contribution in [2.24, 2.45) is 0 Å². The fourth-order valence-electron chi connectivity index (χ4n) is 1.50. The fraction of sp³-hybridized carbons (Fsp3) is 0. The lowest BCUT2D eigenvalue weighted by atomic mass is 10.2. The molecule has 104 valence electrons. The Balaban J connectivity index is 2.28. The molecule has 3 N–H and O–H groups in total. The van der Waals surface area contributed by atoms with Crippen molar-refractivity contribution in [2.45, 2.75) is 0 Å². The van der Waals surface area contributed by atoms with E-state index in [-0.39, 0.29) is 10.9 Å². The Morgan fingerprint density at radius 1 is 1.10 bits per heavy atom. The average molecular weight is 394 g/mol. The van der Waals surface area contributed by atoms with Crippen molar-refractivity contribution in [2.75, 3.05) is 11.1 Å². The van der Waals surface area contributed by atoms with Crippen LogP contribution < -0.4 is 11.1 Å². The van der Waals surface area contributed by atoms with Crippen LogP contribution in [0.15, 0.2) is 34.8 Å². The lowest BCUT2D eigenvalue weighted by molar-refractivity contribution is 0.102. The molecule has 0 spiro atoms. The van der Waals surface area contributed by atoms with Crippen molar-refractivity contribution in [1.29, 1.82) is 0 Å². The summed E-state index contributed by atoms with van der Waals surface area (Å²) in [5.74, 6) is -0.353. The third kappa shape index (κ3) is 3.20. The second-order valence-corrected chi connectivity index (χ2v) is 5.93. The van der Waals surface area contributed by atoms with E-state index in [2.05, 4.69) is 21.2 Å². The van der Waals surface area contributed by atoms with Crippen molar-refractivity contribution < 1.29 is 4.79 Å². The van der Waals surface area contributed by atoms with Crippen LogP contribution in [-0.2, 0) is 0 Å². The summed E-state index contributed by atoms with van der Waals surface area (Å²) in [4.78, 5) is 12.1. The molecule has 2 rings (SSSR count). The van der Waals surface area contributed by atoms with Crippen molar-refractivity contribution in [3.8, 4) is 0 Å². The summed E-state index contributed by atoms with van der Waals surface area (Å²) in [5, 5.41) is 3.66. The molecule has 0 aliphatic heterocycles. The fourth-order valence-corrected chi connectivity index (χ4v) is 2.44. The second kappa shape index (κ2) is 6.22. The quantitative estimate of drug-likeness (QED) is 0.540. The highest BCUT2D eigenvalue weighted by molar-refractivity contribution is 9.10. The van der Waals surface area contributed by atoms with Gasteiger partial charge in [0.1, 0.15) is 0 Å². The van der Waals surface area contributed by atoms with Gasteiger partial charge in [0.2, 0.25) is 0 Å². The number of halogens is 4. The minimum atomic E-state index is -0.353. The molecule has 0 fully saturated rings. The molecule has 3 nitrogen and oxygen atoms in total. The first-order valence-corrected chi connectivity index (χ1v) is 7.32. The van der Waals surface area contributed by atoms with E-state index >= 15 is 0 Å². The largest absolute Gasteiger partial charge is 0.398 e. The zero-order valence-electron chi connectivity index (χ0n) is 9.88. The number of nitrogens with two attached hydrogens (primary N) is 1. The van der Waals surface area contributed by atoms with Gasteiger partial charge in [-0.15, -0.1) is 0 Å². The van der Waals surface area contributed by atoms with Crippen molar-refractivity contribution in [3.63, 3.8) is 0 Å². The first-order valence-electron chi connectivity index (χ1n) is 5.40. The third-order valence-electron chi connectivity index (χ3n) is 2.54. The molecule has 0 aliphatic carbocycles. The van der Waals surface area contributed by atoms with Gasteiger partial charge >= 0.3 is 0 Å². The van der Waals surface area contributed by atoms with E-state index < -0.39 is 0 Å². The lowest BCUT2D eigenvalue weighted by Gasteiger charge is -2.10. The number of benzene rings is 2. The predicted octanol–water partition coefficient (Wildman–Crippen LogP) is 5.24. The van der Waals surface area contributed by atoms with E-state index in [9.17, 15) is 4.79 Å². The Hall–Kier alpha value is -0.940. The minimum Gasteiger partial charge on any atom is -0.398 e. The topological polar surface area (TPSA) is 55.1 Å². The molecule has 0 aliphatic rings. The van der Waals surface area contributed by atoms with Crippen LogP contribution in [0, 0.1) is 0 Å². The van der Waals surface area contributed by atoms with Gasteiger partial charge in [0, 0.05) is 10.0 Å². The van der Waals surface area contributed by atoms with Gasteiger partial charge in [-0.2, -0.15) is 0 Å². The van der Waals surface area contributed by atoms with Gasteiger partial charge in [-0.05, 0) is 46.3 Å². The number of carbonyl (C=O) groups excluding carboxylic acids is 1. The molecule has 0 radical (unpaired) electrons. The maximum absolute atomic E-state index is 12.1. The summed E-state index contributed by atoms with van der Waals surface area (Å²) >= 11 is 21.1. The highest BCUT2D eigenvalue weighted by Crippen LogP contribution is 2.36. The monoisotopic (exact) mass is 392 g/mol. The molecular formula is C13H8BrCl3N2O. The number of nitrogens with one attached hydrogen (secondary N) is 1. The Morgan fingerprint density at radius 3 is 2.45 bits per heavy atom. The van der Waals surface area contributed by atoms with Gasteiger partial charge in [-0.25, -0.2) is 0 Å². The van der Waals surface area contributed by atoms with Crippen molar-refractivity contribution in [1.82, 2.24) is 0 Å². The smallest absolute Gasteiger partial charge is 0.255 e. The Labute approximate surface area is 139 Å². The van der Waals surface area contributed by atoms with Gasteiger partial charge in [-0.3, -0.25) is 4.79 Å². The SMILES string of the molecule is Nc1cc(C(=O)Nc2ccc(Br)c(Cl)c2Cl)ccc1Cl. The minimum absolute atomic E-state index is 0.260. The number of rotatable bonds is 2. The number of amides is 1. The Bertz CT molecular complexity index is 692. The summed E-state index contributed by atoms with van der Waals surface area (Å²) < 4.78 is 0.651. The molecule has 0 bridgehead atoms. The number of hydrogen-bond donors (Lipinski definition) is 2. The number of anilines is 2. The standard InChI is InChI=1S/C13H8BrCl3N2O/c14-7-2-4-10(12(17)11(7)16)19-13(20)6-1-3-8(15)9(18)5-6/h1-5H,18H2,(H,19,20). The maximum Gasteiger partial charge on any atom is 0.255 e. The van der Waals surface area contributed by atoms with Crippen molar-refractivity contribution >= 4 is 68.0 Å². The molecular weight excluding hydrogens is 386 g/mol. The molecule has 0 unspecified atom stereocenters. The maximum atomic E-state index is 12.1. The van der Waals surface area contributed by atoms with E-state index in [0.29, 0.717) is 31.5 Å². The van der Waals surface area contributed by atoms with Crippen LogP contribution in [0.3, 0.4) is 0 Å². The number of nitrogen functional groups attached to an aromatic ring is 1. The van der Waals surface area contributed by atoms with Gasteiger partial charge in [0.05, 0.1) is 26.4 Å². The van der Waals surface area contributed by atoms with Crippen LogP contribution in [0.5, 0.6) is 0 Å². The summed E-state index contributed by atoms with van der Waals surface area (Å²) in [6.45, 7) is 0. The Morgan fingerprint density at radius 2 is 1.80 bits per heavy atom. The average Bonchev–Trinajstić information content (AvgIpc) is 2.42. The molecule has 2 aromatic rings. The first-order chi connectivity index (χ1) is 9.40. The zero-order valence-corrected chi connectivity index (χ0v) is 13.7. The summed E-state index contributed by atoms with van der Waals surface area (Å²) in [6.07, 6.45) is 0. The number of hydrogen-bond acceptors (Lipinski definition) is 2. The lowest BCUT2D eigenvalue weighted by Crippen LogP contribution is -2.12. The predicted molar refractivity (Wildman–Crippen MR) is 88.0 cm³/mol. The van der Waals surface area contributed by atoms with Gasteiger partial charge in [0.25, 0.3) is 5.91 Å². The zero-order chi connectivity index (χ0) is 14.9. The van der Waals surface area contributed by atoms with E-state index in [0.717, 1.165) is 0 Å². The van der Waals surface area contributed by atoms with Crippen LogP contribution in [-0.4, -0.2) is 5.91 Å². The van der Waals surface area contributed by atoms with E-state index in [4.69, 9.17) is 40.5 Å². The van der Waals surface area contributed by atoms with Crippen LogP contribution in [0.2, 0.25) is 15.1 Å². The van der Waals surface area contributed by atoms with Crippen molar-refractivity contribution in [3.05, 3.63) is 55.4 Å². The van der Waals surface area contributed by atoms with Gasteiger partial charge in [-0.1, -0.05) is 34.8 Å². The van der Waals surface area contributed by atoms with Crippen LogP contribution >= 0.6 is 50.7 Å². The molecule has 0 atom stereocenters. The molecule has 0 saturated heterocycles. The molecule has 0 saturated carbocycles. The van der Waals surface area contributed by atoms with Crippen LogP contribution in [0.1, 0.15) is 10.4 Å². The number of carbonyl (C=O) groups is 1. The van der Waals surface area contributed by atoms with E-state index in [1.165, 1.54) is 6.07 Å². The van der Waals surface area contributed by atoms with Crippen LogP contribution in [0.4, 0.5) is 11.4 Å². The van der Waals surface area contributed by atoms with Crippen LogP contribution in [0.25, 0.3) is 0 Å². The third-order valence-corrected chi connectivity index (χ3v) is 4.66. The molecule has 1 amide bonds. The molecule has 20 heavy (non-hydrogen) atoms. The highest BCUT2D eigenvalue weighted by Gasteiger charge is 2.13. The van der Waals surface area contributed by atoms with Gasteiger partial charge in [0.15, 0.2) is 0 Å². The molecule has 0 heterocycles. The molecule has 2 aromatic carbocycles. The second-order valence-electron chi connectivity index (χ2n) is 3.91. The summed E-state index contributed by atoms with van der Waals surface area (Å²) in [5.41, 5.74) is 6.79. The highest BCUT2D eigenvalue weighted by atomic mass is 79.9. The summed E-state index contributed by atoms with van der Waals surface area (Å²) in [7, 11) is 0. The molecule has 0 aromatic heterocycles. The normalized spacial score (nSPS) is 10.4. The first kappa shape index (κ1) is 15.4. The van der Waals surface area contributed by atoms with E-state index in [1.54, 1.807) is 24.3 Å². The summed E-state index contributed by atoms with van der Waals surface area (Å²) in [6, 6.07) is 7.96. The van der Waals surface area contributed by atoms with Gasteiger partial charge < -0.3 is 11.1 Å². The molecule has 7 heteroatoms. The van der Waals surface area contributed by atoms with E-state index in [1.807, 2.05) is 0 Å².